The van der Waals surface area contributed by atoms with Crippen LogP contribution in [0, 0.1) is 0 Å². The van der Waals surface area contributed by atoms with Gasteiger partial charge in [0.25, 0.3) is 0 Å². The molecule has 0 amide bonds. The molecule has 7 nitrogen and oxygen atoms in total. The van der Waals surface area contributed by atoms with E-state index in [4.69, 9.17) is 9.15 Å². The summed E-state index contributed by atoms with van der Waals surface area (Å²) in [7, 11) is 1.76. The van der Waals surface area contributed by atoms with Gasteiger partial charge >= 0.3 is 0 Å². The van der Waals surface area contributed by atoms with Gasteiger partial charge in [-0.25, -0.2) is 4.68 Å². The lowest BCUT2D eigenvalue weighted by Gasteiger charge is -2.11. The summed E-state index contributed by atoms with van der Waals surface area (Å²) in [6.45, 7) is 2.54. The molecule has 0 unspecified atom stereocenters. The molecule has 0 spiro atoms. The topological polar surface area (TPSA) is 76.6 Å². The molecule has 0 aliphatic heterocycles. The Labute approximate surface area is 159 Å². The van der Waals surface area contributed by atoms with Crippen LogP contribution in [0.1, 0.15) is 17.9 Å². The maximum atomic E-state index is 5.56. The first-order chi connectivity index (χ1) is 13.3. The van der Waals surface area contributed by atoms with Crippen LogP contribution in [-0.4, -0.2) is 35.9 Å². The molecule has 0 bridgehead atoms. The molecule has 3 rings (SSSR count). The van der Waals surface area contributed by atoms with Crippen LogP contribution < -0.4 is 10.6 Å². The molecule has 3 aromatic rings. The third-order valence-corrected chi connectivity index (χ3v) is 3.91. The number of para-hydroxylation sites is 1. The van der Waals surface area contributed by atoms with Crippen LogP contribution in [0.25, 0.3) is 5.69 Å². The van der Waals surface area contributed by atoms with E-state index in [1.54, 1.807) is 13.3 Å². The lowest BCUT2D eigenvalue weighted by atomic mass is 10.3. The second kappa shape index (κ2) is 10.2. The predicted molar refractivity (Wildman–Crippen MR) is 105 cm³/mol. The van der Waals surface area contributed by atoms with E-state index in [1.165, 1.54) is 0 Å². The fraction of sp³-hybridized carbons (Fsp3) is 0.300. The summed E-state index contributed by atoms with van der Waals surface area (Å²) in [5, 5.41) is 11.1. The highest BCUT2D eigenvalue weighted by atomic mass is 16.5. The standard InChI is InChI=1S/C20H25N5O2/c1-21-20(22-11-6-13-26-16-19-9-5-14-27-19)23-15-17-10-12-25(24-17)18-7-3-2-4-8-18/h2-5,7-10,12,14H,6,11,13,15-16H2,1H3,(H2,21,22,23). The van der Waals surface area contributed by atoms with Crippen LogP contribution >= 0.6 is 0 Å². The number of aliphatic imine (C=N–C) groups is 1. The zero-order valence-corrected chi connectivity index (χ0v) is 15.5. The number of rotatable bonds is 9. The Morgan fingerprint density at radius 3 is 2.81 bits per heavy atom. The number of guanidine groups is 1. The largest absolute Gasteiger partial charge is 0.467 e. The van der Waals surface area contributed by atoms with E-state index < -0.39 is 0 Å². The van der Waals surface area contributed by atoms with Crippen molar-refractivity contribution in [2.24, 2.45) is 4.99 Å². The normalized spacial score (nSPS) is 11.5. The summed E-state index contributed by atoms with van der Waals surface area (Å²) in [6.07, 6.45) is 4.49. The number of benzene rings is 1. The van der Waals surface area contributed by atoms with Crippen molar-refractivity contribution in [3.63, 3.8) is 0 Å². The summed E-state index contributed by atoms with van der Waals surface area (Å²) < 4.78 is 12.6. The van der Waals surface area contributed by atoms with Crippen molar-refractivity contribution in [2.45, 2.75) is 19.6 Å². The fourth-order valence-corrected chi connectivity index (χ4v) is 2.52. The minimum absolute atomic E-state index is 0.504. The highest BCUT2D eigenvalue weighted by molar-refractivity contribution is 5.79. The monoisotopic (exact) mass is 367 g/mol. The average molecular weight is 367 g/mol. The average Bonchev–Trinajstić information content (AvgIpc) is 3.39. The summed E-state index contributed by atoms with van der Waals surface area (Å²) in [6, 6.07) is 15.8. The molecule has 0 aliphatic rings. The van der Waals surface area contributed by atoms with E-state index in [1.807, 2.05) is 59.4 Å². The van der Waals surface area contributed by atoms with E-state index in [0.29, 0.717) is 19.8 Å². The van der Waals surface area contributed by atoms with Crippen LogP contribution in [0.15, 0.2) is 70.4 Å². The van der Waals surface area contributed by atoms with Crippen molar-refractivity contribution >= 4 is 5.96 Å². The van der Waals surface area contributed by atoms with Crippen LogP contribution in [0.2, 0.25) is 0 Å². The Kier molecular flexibility index (Phi) is 7.06. The van der Waals surface area contributed by atoms with Gasteiger partial charge in [0.05, 0.1) is 24.2 Å². The first kappa shape index (κ1) is 18.7. The molecule has 142 valence electrons. The van der Waals surface area contributed by atoms with E-state index in [9.17, 15) is 0 Å². The summed E-state index contributed by atoms with van der Waals surface area (Å²) in [4.78, 5) is 4.23. The Balaban J connectivity index is 1.34. The number of hydrogen-bond donors (Lipinski definition) is 2. The summed E-state index contributed by atoms with van der Waals surface area (Å²) >= 11 is 0. The maximum absolute atomic E-state index is 5.56. The highest BCUT2D eigenvalue weighted by Crippen LogP contribution is 2.06. The molecule has 2 aromatic heterocycles. The number of nitrogens with one attached hydrogen (secondary N) is 2. The van der Waals surface area contributed by atoms with Gasteiger partial charge in [-0.05, 0) is 36.8 Å². The molecule has 0 fully saturated rings. The highest BCUT2D eigenvalue weighted by Gasteiger charge is 2.03. The van der Waals surface area contributed by atoms with Crippen molar-refractivity contribution in [2.75, 3.05) is 20.2 Å². The third kappa shape index (κ3) is 6.00. The van der Waals surface area contributed by atoms with Gasteiger partial charge in [-0.2, -0.15) is 5.10 Å². The zero-order valence-electron chi connectivity index (χ0n) is 15.5. The minimum Gasteiger partial charge on any atom is -0.467 e. The SMILES string of the molecule is CN=C(NCCCOCc1ccco1)NCc1ccn(-c2ccccc2)n1. The molecule has 2 heterocycles. The lowest BCUT2D eigenvalue weighted by Crippen LogP contribution is -2.37. The summed E-state index contributed by atoms with van der Waals surface area (Å²) in [5.41, 5.74) is 1.99. The van der Waals surface area contributed by atoms with Crippen molar-refractivity contribution in [3.05, 3.63) is 72.4 Å². The first-order valence-electron chi connectivity index (χ1n) is 9.00. The number of furan rings is 1. The molecular formula is C20H25N5O2. The first-order valence-corrected chi connectivity index (χ1v) is 9.00. The van der Waals surface area contributed by atoms with Gasteiger partial charge in [-0.1, -0.05) is 18.2 Å². The van der Waals surface area contributed by atoms with Gasteiger partial charge in [-0.15, -0.1) is 0 Å². The van der Waals surface area contributed by atoms with E-state index in [2.05, 4.69) is 20.7 Å². The number of nitrogens with zero attached hydrogens (tertiary/aromatic N) is 3. The van der Waals surface area contributed by atoms with Gasteiger partial charge in [0.15, 0.2) is 5.96 Å². The number of aromatic nitrogens is 2. The van der Waals surface area contributed by atoms with Gasteiger partial charge in [0.2, 0.25) is 0 Å². The predicted octanol–water partition coefficient (Wildman–Crippen LogP) is 2.74. The van der Waals surface area contributed by atoms with Crippen LogP contribution in [0.3, 0.4) is 0 Å². The second-order valence-corrected chi connectivity index (χ2v) is 5.93. The van der Waals surface area contributed by atoms with Crippen molar-refractivity contribution < 1.29 is 9.15 Å². The molecule has 7 heteroatoms. The molecule has 0 aliphatic carbocycles. The Morgan fingerprint density at radius 2 is 2.04 bits per heavy atom. The maximum Gasteiger partial charge on any atom is 0.191 e. The van der Waals surface area contributed by atoms with Gasteiger partial charge < -0.3 is 19.8 Å². The fourth-order valence-electron chi connectivity index (χ4n) is 2.52. The third-order valence-electron chi connectivity index (χ3n) is 3.91. The quantitative estimate of drug-likeness (QED) is 0.345. The van der Waals surface area contributed by atoms with Crippen molar-refractivity contribution in [1.29, 1.82) is 0 Å². The van der Waals surface area contributed by atoms with Crippen molar-refractivity contribution in [1.82, 2.24) is 20.4 Å². The van der Waals surface area contributed by atoms with E-state index in [-0.39, 0.29) is 0 Å². The van der Waals surface area contributed by atoms with Crippen LogP contribution in [0.5, 0.6) is 0 Å². The molecular weight excluding hydrogens is 342 g/mol. The number of hydrogen-bond acceptors (Lipinski definition) is 4. The lowest BCUT2D eigenvalue weighted by molar-refractivity contribution is 0.105. The zero-order chi connectivity index (χ0) is 18.7. The molecule has 1 aromatic carbocycles. The van der Waals surface area contributed by atoms with E-state index >= 15 is 0 Å². The molecule has 0 saturated carbocycles. The van der Waals surface area contributed by atoms with Gasteiger partial charge in [0.1, 0.15) is 12.4 Å². The molecule has 0 atom stereocenters. The van der Waals surface area contributed by atoms with Crippen LogP contribution in [0.4, 0.5) is 0 Å². The van der Waals surface area contributed by atoms with Crippen LogP contribution in [-0.2, 0) is 17.9 Å². The molecule has 0 saturated heterocycles. The second-order valence-electron chi connectivity index (χ2n) is 5.93. The Hall–Kier alpha value is -3.06. The smallest absolute Gasteiger partial charge is 0.191 e. The molecule has 27 heavy (non-hydrogen) atoms. The Morgan fingerprint density at radius 1 is 1.15 bits per heavy atom. The van der Waals surface area contributed by atoms with Gasteiger partial charge in [0, 0.05) is 26.4 Å². The van der Waals surface area contributed by atoms with Gasteiger partial charge in [-0.3, -0.25) is 4.99 Å². The van der Waals surface area contributed by atoms with Crippen molar-refractivity contribution in [3.8, 4) is 5.69 Å². The summed E-state index contributed by atoms with van der Waals surface area (Å²) in [5.74, 6) is 1.59. The molecule has 0 radical (unpaired) electrons. The van der Waals surface area contributed by atoms with E-state index in [0.717, 1.165) is 36.1 Å². The minimum atomic E-state index is 0.504. The Bertz CT molecular complexity index is 812. The number of ether oxygens (including phenoxy) is 1. The molecule has 2 N–H and O–H groups in total.